The molecule has 0 aliphatic carbocycles. The van der Waals surface area contributed by atoms with E-state index in [0.717, 1.165) is 34.9 Å². The third-order valence-corrected chi connectivity index (χ3v) is 3.75. The van der Waals surface area contributed by atoms with E-state index in [9.17, 15) is 18.4 Å². The zero-order chi connectivity index (χ0) is 18.7. The second kappa shape index (κ2) is 7.42. The zero-order valence-corrected chi connectivity index (χ0v) is 14.4. The monoisotopic (exact) mass is 347 g/mol. The maximum atomic E-state index is 13.6. The van der Waals surface area contributed by atoms with E-state index in [1.807, 2.05) is 32.9 Å². The van der Waals surface area contributed by atoms with E-state index in [0.29, 0.717) is 5.69 Å². The van der Waals surface area contributed by atoms with Gasteiger partial charge in [0, 0.05) is 5.69 Å². The molecule has 1 atom stereocenters. The Hall–Kier alpha value is -2.76. The van der Waals surface area contributed by atoms with Crippen LogP contribution in [-0.2, 0) is 9.53 Å². The molecule has 6 heteroatoms. The normalized spacial score (nSPS) is 11.8. The van der Waals surface area contributed by atoms with Crippen LogP contribution in [0.5, 0.6) is 0 Å². The molecule has 0 aliphatic heterocycles. The van der Waals surface area contributed by atoms with Crippen molar-refractivity contribution in [3.8, 4) is 0 Å². The van der Waals surface area contributed by atoms with Gasteiger partial charge in [0.25, 0.3) is 5.91 Å². The molecule has 1 unspecified atom stereocenters. The number of anilines is 1. The van der Waals surface area contributed by atoms with E-state index in [-0.39, 0.29) is 0 Å². The van der Waals surface area contributed by atoms with Gasteiger partial charge in [-0.3, -0.25) is 4.79 Å². The Morgan fingerprint density at radius 2 is 1.56 bits per heavy atom. The highest BCUT2D eigenvalue weighted by atomic mass is 19.1. The molecule has 0 saturated heterocycles. The van der Waals surface area contributed by atoms with Gasteiger partial charge in [-0.1, -0.05) is 23.8 Å². The lowest BCUT2D eigenvalue weighted by Gasteiger charge is -2.17. The number of hydrogen-bond acceptors (Lipinski definition) is 3. The standard InChI is InChI=1S/C19H19F2NO3/c1-10-8-11(2)17(12(3)9-10)22-18(23)13(4)25-19(24)16-14(20)6-5-7-15(16)21/h5-9,13H,1-4H3,(H,22,23). The number of nitrogens with one attached hydrogen (secondary N) is 1. The van der Waals surface area contributed by atoms with Crippen molar-refractivity contribution in [2.24, 2.45) is 0 Å². The van der Waals surface area contributed by atoms with Gasteiger partial charge in [0.1, 0.15) is 17.2 Å². The number of carbonyl (C=O) groups excluding carboxylic acids is 2. The molecule has 0 spiro atoms. The summed E-state index contributed by atoms with van der Waals surface area (Å²) in [5, 5.41) is 2.69. The molecule has 132 valence electrons. The van der Waals surface area contributed by atoms with Crippen LogP contribution in [0.2, 0.25) is 0 Å². The lowest BCUT2D eigenvalue weighted by atomic mass is 10.0. The van der Waals surface area contributed by atoms with Gasteiger partial charge >= 0.3 is 5.97 Å². The van der Waals surface area contributed by atoms with Crippen molar-refractivity contribution in [3.05, 3.63) is 64.2 Å². The highest BCUT2D eigenvalue weighted by molar-refractivity contribution is 5.98. The first-order chi connectivity index (χ1) is 11.7. The molecule has 1 amide bonds. The second-order valence-electron chi connectivity index (χ2n) is 5.91. The number of aryl methyl sites for hydroxylation is 3. The highest BCUT2D eigenvalue weighted by Gasteiger charge is 2.24. The third kappa shape index (κ3) is 4.21. The first-order valence-electron chi connectivity index (χ1n) is 7.74. The van der Waals surface area contributed by atoms with Crippen molar-refractivity contribution in [3.63, 3.8) is 0 Å². The van der Waals surface area contributed by atoms with Crippen LogP contribution in [0.1, 0.15) is 34.0 Å². The topological polar surface area (TPSA) is 55.4 Å². The molecule has 25 heavy (non-hydrogen) atoms. The van der Waals surface area contributed by atoms with Crippen LogP contribution in [-0.4, -0.2) is 18.0 Å². The van der Waals surface area contributed by atoms with Crippen molar-refractivity contribution in [1.82, 2.24) is 0 Å². The van der Waals surface area contributed by atoms with Crippen molar-refractivity contribution in [2.45, 2.75) is 33.8 Å². The molecule has 0 aromatic heterocycles. The molecule has 4 nitrogen and oxygen atoms in total. The van der Waals surface area contributed by atoms with Gasteiger partial charge in [-0.15, -0.1) is 0 Å². The largest absolute Gasteiger partial charge is 0.449 e. The number of carbonyl (C=O) groups is 2. The van der Waals surface area contributed by atoms with Crippen molar-refractivity contribution in [1.29, 1.82) is 0 Å². The van der Waals surface area contributed by atoms with Crippen LogP contribution in [0.4, 0.5) is 14.5 Å². The van der Waals surface area contributed by atoms with Gasteiger partial charge in [-0.05, 0) is 51.0 Å². The first-order valence-corrected chi connectivity index (χ1v) is 7.74. The van der Waals surface area contributed by atoms with Gasteiger partial charge in [-0.2, -0.15) is 0 Å². The van der Waals surface area contributed by atoms with Crippen molar-refractivity contribution in [2.75, 3.05) is 5.32 Å². The van der Waals surface area contributed by atoms with Crippen LogP contribution < -0.4 is 5.32 Å². The summed E-state index contributed by atoms with van der Waals surface area (Å²) >= 11 is 0. The van der Waals surface area contributed by atoms with E-state index in [1.165, 1.54) is 6.92 Å². The lowest BCUT2D eigenvalue weighted by Crippen LogP contribution is -2.31. The van der Waals surface area contributed by atoms with Gasteiger partial charge in [0.2, 0.25) is 0 Å². The highest BCUT2D eigenvalue weighted by Crippen LogP contribution is 2.22. The summed E-state index contributed by atoms with van der Waals surface area (Å²) in [5.41, 5.74) is 2.59. The number of halogens is 2. The van der Waals surface area contributed by atoms with Gasteiger partial charge < -0.3 is 10.1 Å². The zero-order valence-electron chi connectivity index (χ0n) is 14.4. The second-order valence-corrected chi connectivity index (χ2v) is 5.91. The molecular formula is C19H19F2NO3. The van der Waals surface area contributed by atoms with Crippen LogP contribution in [0.15, 0.2) is 30.3 Å². The molecular weight excluding hydrogens is 328 g/mol. The van der Waals surface area contributed by atoms with E-state index in [1.54, 1.807) is 0 Å². The molecule has 0 radical (unpaired) electrons. The number of amides is 1. The number of rotatable bonds is 4. The Bertz CT molecular complexity index is 790. The number of benzene rings is 2. The Morgan fingerprint density at radius 3 is 2.08 bits per heavy atom. The summed E-state index contributed by atoms with van der Waals surface area (Å²) in [7, 11) is 0. The van der Waals surface area contributed by atoms with Crippen molar-refractivity contribution >= 4 is 17.6 Å². The summed E-state index contributed by atoms with van der Waals surface area (Å²) < 4.78 is 32.1. The van der Waals surface area contributed by atoms with Crippen LogP contribution in [0.3, 0.4) is 0 Å². The summed E-state index contributed by atoms with van der Waals surface area (Å²) in [4.78, 5) is 24.2. The molecule has 0 heterocycles. The Kier molecular flexibility index (Phi) is 5.51. The predicted octanol–water partition coefficient (Wildman–Crippen LogP) is 4.07. The predicted molar refractivity (Wildman–Crippen MR) is 90.5 cm³/mol. The fraction of sp³-hybridized carbons (Fsp3) is 0.263. The number of hydrogen-bond donors (Lipinski definition) is 1. The SMILES string of the molecule is Cc1cc(C)c(NC(=O)C(C)OC(=O)c2c(F)cccc2F)c(C)c1. The molecule has 0 saturated carbocycles. The Balaban J connectivity index is 2.12. The van der Waals surface area contributed by atoms with Crippen molar-refractivity contribution < 1.29 is 23.1 Å². The van der Waals surface area contributed by atoms with Gasteiger partial charge in [0.05, 0.1) is 0 Å². The minimum absolute atomic E-state index is 0.583. The summed E-state index contributed by atoms with van der Waals surface area (Å²) in [6.07, 6.45) is -1.22. The molecule has 0 fully saturated rings. The lowest BCUT2D eigenvalue weighted by molar-refractivity contribution is -0.123. The molecule has 1 N–H and O–H groups in total. The smallest absolute Gasteiger partial charge is 0.344 e. The number of ether oxygens (including phenoxy) is 1. The molecule has 0 aliphatic rings. The fourth-order valence-corrected chi connectivity index (χ4v) is 2.57. The molecule has 0 bridgehead atoms. The number of esters is 1. The summed E-state index contributed by atoms with van der Waals surface area (Å²) in [5.74, 6) is -3.89. The van der Waals surface area contributed by atoms with Crippen LogP contribution in [0.25, 0.3) is 0 Å². The van der Waals surface area contributed by atoms with Crippen LogP contribution in [0, 0.1) is 32.4 Å². The minimum Gasteiger partial charge on any atom is -0.449 e. The molecule has 2 rings (SSSR count). The van der Waals surface area contributed by atoms with Gasteiger partial charge in [-0.25, -0.2) is 13.6 Å². The van der Waals surface area contributed by atoms with E-state index in [2.05, 4.69) is 5.32 Å². The van der Waals surface area contributed by atoms with Crippen LogP contribution >= 0.6 is 0 Å². The Morgan fingerprint density at radius 1 is 1.04 bits per heavy atom. The average Bonchev–Trinajstić information content (AvgIpc) is 2.50. The third-order valence-electron chi connectivity index (χ3n) is 3.75. The van der Waals surface area contributed by atoms with Gasteiger partial charge in [0.15, 0.2) is 6.10 Å². The molecule has 2 aromatic rings. The fourth-order valence-electron chi connectivity index (χ4n) is 2.57. The first kappa shape index (κ1) is 18.6. The summed E-state index contributed by atoms with van der Waals surface area (Å²) in [6, 6.07) is 6.86. The summed E-state index contributed by atoms with van der Waals surface area (Å²) in [6.45, 7) is 6.98. The maximum absolute atomic E-state index is 13.6. The van der Waals surface area contributed by atoms with E-state index in [4.69, 9.17) is 4.74 Å². The quantitative estimate of drug-likeness (QED) is 0.848. The maximum Gasteiger partial charge on any atom is 0.344 e. The Labute approximate surface area is 144 Å². The van der Waals surface area contributed by atoms with E-state index >= 15 is 0 Å². The minimum atomic E-state index is -1.23. The molecule has 2 aromatic carbocycles. The average molecular weight is 347 g/mol. The van der Waals surface area contributed by atoms with E-state index < -0.39 is 35.2 Å².